The molecule has 2 aliphatic rings. The summed E-state index contributed by atoms with van der Waals surface area (Å²) in [5.41, 5.74) is 5.59. The van der Waals surface area contributed by atoms with Gasteiger partial charge in [-0.25, -0.2) is 4.39 Å². The summed E-state index contributed by atoms with van der Waals surface area (Å²) in [6.07, 6.45) is 2.23. The lowest BCUT2D eigenvalue weighted by Gasteiger charge is -2.48. The van der Waals surface area contributed by atoms with Gasteiger partial charge in [-0.15, -0.1) is 0 Å². The van der Waals surface area contributed by atoms with Crippen molar-refractivity contribution in [3.8, 4) is 5.75 Å². The van der Waals surface area contributed by atoms with Crippen LogP contribution >= 0.6 is 0 Å². The Balaban J connectivity index is 1.76. The van der Waals surface area contributed by atoms with Crippen molar-refractivity contribution in [1.29, 1.82) is 0 Å². The van der Waals surface area contributed by atoms with E-state index in [-0.39, 0.29) is 16.9 Å². The quantitative estimate of drug-likeness (QED) is 0.825. The number of phenolic OH excluding ortho intramolecular Hbond substituents is 1. The van der Waals surface area contributed by atoms with E-state index in [0.29, 0.717) is 19.0 Å². The second-order valence-corrected chi connectivity index (χ2v) is 5.30. The minimum atomic E-state index is -0.694. The number of hydrogen-bond donors (Lipinski definition) is 2. The molecule has 0 atom stereocenters. The van der Waals surface area contributed by atoms with Crippen LogP contribution in [0, 0.1) is 11.7 Å². The van der Waals surface area contributed by atoms with Crippen molar-refractivity contribution < 1.29 is 14.3 Å². The number of nitrogens with two attached hydrogens (primary N) is 1. The number of benzene rings is 1. The van der Waals surface area contributed by atoms with E-state index >= 15 is 0 Å². The van der Waals surface area contributed by atoms with Crippen molar-refractivity contribution >= 4 is 5.91 Å². The van der Waals surface area contributed by atoms with E-state index in [1.54, 1.807) is 0 Å². The van der Waals surface area contributed by atoms with Gasteiger partial charge in [0, 0.05) is 13.1 Å². The average molecular weight is 250 g/mol. The van der Waals surface area contributed by atoms with E-state index in [9.17, 15) is 14.3 Å². The van der Waals surface area contributed by atoms with Crippen LogP contribution < -0.4 is 5.73 Å². The van der Waals surface area contributed by atoms with E-state index in [1.165, 1.54) is 23.1 Å². The third-order valence-corrected chi connectivity index (χ3v) is 3.85. The number of carbonyl (C=O) groups excluding carboxylic acids is 1. The smallest absolute Gasteiger partial charge is 0.260 e. The Morgan fingerprint density at radius 1 is 1.44 bits per heavy atom. The predicted octanol–water partition coefficient (Wildman–Crippen LogP) is 1.09. The number of phenols is 1. The van der Waals surface area contributed by atoms with Crippen LogP contribution in [0.15, 0.2) is 18.2 Å². The van der Waals surface area contributed by atoms with Gasteiger partial charge in [0.05, 0.1) is 5.54 Å². The van der Waals surface area contributed by atoms with Crippen LogP contribution in [-0.2, 0) is 0 Å². The zero-order valence-electron chi connectivity index (χ0n) is 9.90. The molecule has 96 valence electrons. The first-order valence-electron chi connectivity index (χ1n) is 6.07. The number of hydrogen-bond acceptors (Lipinski definition) is 3. The minimum Gasteiger partial charge on any atom is -0.507 e. The molecule has 0 bridgehead atoms. The fourth-order valence-electron chi connectivity index (χ4n) is 2.61. The highest BCUT2D eigenvalue weighted by molar-refractivity contribution is 5.97. The highest BCUT2D eigenvalue weighted by atomic mass is 19.1. The Labute approximate surface area is 104 Å². The Kier molecular flexibility index (Phi) is 2.35. The summed E-state index contributed by atoms with van der Waals surface area (Å²) in [4.78, 5) is 13.6. The van der Waals surface area contributed by atoms with E-state index < -0.39 is 11.7 Å². The molecule has 18 heavy (non-hydrogen) atoms. The van der Waals surface area contributed by atoms with E-state index in [0.717, 1.165) is 12.8 Å². The van der Waals surface area contributed by atoms with Gasteiger partial charge in [0.1, 0.15) is 17.1 Å². The largest absolute Gasteiger partial charge is 0.507 e. The van der Waals surface area contributed by atoms with Gasteiger partial charge < -0.3 is 15.7 Å². The Morgan fingerprint density at radius 3 is 2.67 bits per heavy atom. The normalized spacial score (nSPS) is 21.6. The molecular formula is C13H15FN2O2. The molecule has 0 unspecified atom stereocenters. The third kappa shape index (κ3) is 1.66. The fraction of sp³-hybridized carbons (Fsp3) is 0.462. The van der Waals surface area contributed by atoms with Gasteiger partial charge in [0.2, 0.25) is 0 Å². The lowest BCUT2D eigenvalue weighted by Crippen LogP contribution is -2.69. The van der Waals surface area contributed by atoms with Gasteiger partial charge in [-0.2, -0.15) is 0 Å². The zero-order valence-corrected chi connectivity index (χ0v) is 9.90. The van der Waals surface area contributed by atoms with Gasteiger partial charge in [-0.1, -0.05) is 6.07 Å². The van der Waals surface area contributed by atoms with Crippen LogP contribution in [0.25, 0.3) is 0 Å². The predicted molar refractivity (Wildman–Crippen MR) is 63.6 cm³/mol. The molecule has 1 aromatic carbocycles. The number of rotatable bonds is 2. The van der Waals surface area contributed by atoms with Crippen molar-refractivity contribution in [1.82, 2.24) is 4.90 Å². The maximum atomic E-state index is 13.5. The van der Waals surface area contributed by atoms with Crippen LogP contribution in [0.1, 0.15) is 23.2 Å². The van der Waals surface area contributed by atoms with Crippen LogP contribution in [0.4, 0.5) is 4.39 Å². The first-order valence-corrected chi connectivity index (χ1v) is 6.07. The monoisotopic (exact) mass is 250 g/mol. The Morgan fingerprint density at radius 2 is 2.11 bits per heavy atom. The topological polar surface area (TPSA) is 66.6 Å². The highest BCUT2D eigenvalue weighted by Gasteiger charge is 2.52. The minimum absolute atomic E-state index is 0.254. The molecule has 5 heteroatoms. The number of amides is 1. The summed E-state index contributed by atoms with van der Waals surface area (Å²) in [7, 11) is 0. The van der Waals surface area contributed by atoms with Crippen LogP contribution in [-0.4, -0.2) is 34.5 Å². The molecule has 3 N–H and O–H groups in total. The highest BCUT2D eigenvalue weighted by Crippen LogP contribution is 2.43. The summed E-state index contributed by atoms with van der Waals surface area (Å²) in [5, 5.41) is 9.56. The van der Waals surface area contributed by atoms with Crippen LogP contribution in [0.2, 0.25) is 0 Å². The molecule has 1 saturated heterocycles. The lowest BCUT2D eigenvalue weighted by molar-refractivity contribution is 0.0343. The third-order valence-electron chi connectivity index (χ3n) is 3.85. The average Bonchev–Trinajstić information content (AvgIpc) is 3.08. The van der Waals surface area contributed by atoms with Gasteiger partial charge in [-0.3, -0.25) is 4.79 Å². The van der Waals surface area contributed by atoms with Crippen LogP contribution in [0.5, 0.6) is 5.75 Å². The first kappa shape index (κ1) is 11.5. The molecule has 1 amide bonds. The van der Waals surface area contributed by atoms with Crippen molar-refractivity contribution in [2.45, 2.75) is 18.4 Å². The maximum absolute atomic E-state index is 13.5. The summed E-state index contributed by atoms with van der Waals surface area (Å²) in [5.74, 6) is -0.995. The van der Waals surface area contributed by atoms with Crippen molar-refractivity contribution in [3.05, 3.63) is 29.6 Å². The second-order valence-electron chi connectivity index (χ2n) is 5.30. The van der Waals surface area contributed by atoms with Gasteiger partial charge >= 0.3 is 0 Å². The number of nitrogens with zero attached hydrogens (tertiary/aromatic N) is 1. The molecular weight excluding hydrogens is 235 g/mol. The maximum Gasteiger partial charge on any atom is 0.260 e. The summed E-state index contributed by atoms with van der Waals surface area (Å²) >= 11 is 0. The summed E-state index contributed by atoms with van der Waals surface area (Å²) in [6, 6.07) is 3.85. The number of aromatic hydroxyl groups is 1. The van der Waals surface area contributed by atoms with Gasteiger partial charge in [0.25, 0.3) is 5.91 Å². The van der Waals surface area contributed by atoms with Crippen LogP contribution in [0.3, 0.4) is 0 Å². The second kappa shape index (κ2) is 3.68. The Bertz CT molecular complexity index is 487. The van der Waals surface area contributed by atoms with Crippen molar-refractivity contribution in [3.63, 3.8) is 0 Å². The summed E-state index contributed by atoms with van der Waals surface area (Å²) < 4.78 is 13.5. The van der Waals surface area contributed by atoms with E-state index in [1.807, 2.05) is 0 Å². The SMILES string of the molecule is NC1(C2CC2)CN(C(=O)c2c(O)cccc2F)C1. The fourth-order valence-corrected chi connectivity index (χ4v) is 2.61. The van der Waals surface area contributed by atoms with E-state index in [2.05, 4.69) is 0 Å². The molecule has 1 aliphatic heterocycles. The Hall–Kier alpha value is -1.62. The van der Waals surface area contributed by atoms with Gasteiger partial charge in [0.15, 0.2) is 0 Å². The molecule has 0 spiro atoms. The summed E-state index contributed by atoms with van der Waals surface area (Å²) in [6.45, 7) is 0.897. The first-order chi connectivity index (χ1) is 8.51. The molecule has 0 radical (unpaired) electrons. The molecule has 1 heterocycles. The number of carbonyl (C=O) groups is 1. The standard InChI is InChI=1S/C13H15FN2O2/c14-9-2-1-3-10(17)11(9)12(18)16-6-13(15,7-16)8-4-5-8/h1-3,8,17H,4-7,15H2. The molecule has 2 fully saturated rings. The molecule has 1 aromatic rings. The number of halogens is 1. The molecule has 1 aliphatic carbocycles. The zero-order chi connectivity index (χ0) is 12.9. The van der Waals surface area contributed by atoms with Crippen molar-refractivity contribution in [2.24, 2.45) is 11.7 Å². The molecule has 3 rings (SSSR count). The molecule has 0 aromatic heterocycles. The van der Waals surface area contributed by atoms with Gasteiger partial charge in [-0.05, 0) is 30.9 Å². The molecule has 4 nitrogen and oxygen atoms in total. The number of likely N-dealkylation sites (tertiary alicyclic amines) is 1. The molecule has 1 saturated carbocycles. The lowest BCUT2D eigenvalue weighted by atomic mass is 9.85. The van der Waals surface area contributed by atoms with Crippen molar-refractivity contribution in [2.75, 3.05) is 13.1 Å². The van der Waals surface area contributed by atoms with E-state index in [4.69, 9.17) is 5.73 Å².